The molecule has 0 radical (unpaired) electrons. The van der Waals surface area contributed by atoms with Gasteiger partial charge in [0.1, 0.15) is 11.9 Å². The quantitative estimate of drug-likeness (QED) is 0.841. The lowest BCUT2D eigenvalue weighted by Gasteiger charge is -2.28. The Balaban J connectivity index is 2.03. The van der Waals surface area contributed by atoms with Gasteiger partial charge in [-0.3, -0.25) is 14.6 Å². The number of hydrogen-bond acceptors (Lipinski definition) is 3. The monoisotopic (exact) mass is 343 g/mol. The lowest BCUT2D eigenvalue weighted by Crippen LogP contribution is -2.47. The number of rotatable bonds is 7. The minimum atomic E-state index is -0.626. The zero-order chi connectivity index (χ0) is 18.2. The van der Waals surface area contributed by atoms with Crippen molar-refractivity contribution in [3.05, 3.63) is 65.7 Å². The van der Waals surface area contributed by atoms with E-state index in [0.29, 0.717) is 13.0 Å². The van der Waals surface area contributed by atoms with E-state index in [4.69, 9.17) is 0 Å². The molecule has 0 unspecified atom stereocenters. The van der Waals surface area contributed by atoms with Gasteiger partial charge in [0.2, 0.25) is 11.8 Å². The number of halogens is 1. The molecule has 0 aliphatic rings. The Hall–Kier alpha value is -2.76. The number of benzene rings is 1. The summed E-state index contributed by atoms with van der Waals surface area (Å²) in [5.41, 5.74) is 1.71. The van der Waals surface area contributed by atoms with Crippen LogP contribution in [0.3, 0.4) is 0 Å². The van der Waals surface area contributed by atoms with Crippen molar-refractivity contribution < 1.29 is 14.0 Å². The van der Waals surface area contributed by atoms with Crippen LogP contribution in [0.25, 0.3) is 0 Å². The Labute approximate surface area is 146 Å². The van der Waals surface area contributed by atoms with Gasteiger partial charge in [-0.1, -0.05) is 19.1 Å². The van der Waals surface area contributed by atoms with E-state index in [1.807, 2.05) is 12.1 Å². The van der Waals surface area contributed by atoms with Crippen LogP contribution in [-0.2, 0) is 22.7 Å². The number of pyridine rings is 1. The van der Waals surface area contributed by atoms with Gasteiger partial charge in [-0.2, -0.15) is 0 Å². The first-order chi connectivity index (χ1) is 12.0. The summed E-state index contributed by atoms with van der Waals surface area (Å²) < 4.78 is 13.0. The molecule has 1 aromatic heterocycles. The van der Waals surface area contributed by atoms with E-state index in [2.05, 4.69) is 10.3 Å². The van der Waals surface area contributed by atoms with E-state index < -0.39 is 6.04 Å². The zero-order valence-corrected chi connectivity index (χ0v) is 14.4. The van der Waals surface area contributed by atoms with Crippen molar-refractivity contribution in [2.45, 2.75) is 39.4 Å². The standard InChI is InChI=1S/C19H22FN3O2/c1-3-18(24)23(13-16-4-6-17(20)7-5-16)14(2)19(25)22-12-15-8-10-21-11-9-15/h4-11,14H,3,12-13H2,1-2H3,(H,22,25)/t14-/m1/s1. The normalized spacial score (nSPS) is 11.6. The summed E-state index contributed by atoms with van der Waals surface area (Å²) >= 11 is 0. The van der Waals surface area contributed by atoms with Gasteiger partial charge in [0.15, 0.2) is 0 Å². The number of hydrogen-bond donors (Lipinski definition) is 1. The molecule has 0 saturated carbocycles. The first kappa shape index (κ1) is 18.6. The van der Waals surface area contributed by atoms with Crippen molar-refractivity contribution >= 4 is 11.8 Å². The first-order valence-corrected chi connectivity index (χ1v) is 8.21. The van der Waals surface area contributed by atoms with Crippen LogP contribution >= 0.6 is 0 Å². The Morgan fingerprint density at radius 2 is 1.76 bits per heavy atom. The molecule has 1 atom stereocenters. The second-order valence-electron chi connectivity index (χ2n) is 5.75. The van der Waals surface area contributed by atoms with Gasteiger partial charge < -0.3 is 10.2 Å². The van der Waals surface area contributed by atoms with Crippen LogP contribution in [-0.4, -0.2) is 27.7 Å². The Morgan fingerprint density at radius 3 is 2.36 bits per heavy atom. The SMILES string of the molecule is CCC(=O)N(Cc1ccc(F)cc1)[C@H](C)C(=O)NCc1ccncc1. The Kier molecular flexibility index (Phi) is 6.62. The molecule has 0 saturated heterocycles. The third-order valence-corrected chi connectivity index (χ3v) is 3.95. The molecule has 0 fully saturated rings. The smallest absolute Gasteiger partial charge is 0.242 e. The summed E-state index contributed by atoms with van der Waals surface area (Å²) in [7, 11) is 0. The third kappa shape index (κ3) is 5.38. The van der Waals surface area contributed by atoms with Gasteiger partial charge in [0, 0.05) is 31.9 Å². The average molecular weight is 343 g/mol. The summed E-state index contributed by atoms with van der Waals surface area (Å²) in [6, 6.07) is 8.94. The maximum Gasteiger partial charge on any atom is 0.242 e. The highest BCUT2D eigenvalue weighted by molar-refractivity contribution is 5.87. The number of nitrogens with one attached hydrogen (secondary N) is 1. The molecule has 132 valence electrons. The molecule has 1 heterocycles. The van der Waals surface area contributed by atoms with Gasteiger partial charge in [-0.05, 0) is 42.3 Å². The minimum Gasteiger partial charge on any atom is -0.350 e. The van der Waals surface area contributed by atoms with Crippen molar-refractivity contribution in [1.29, 1.82) is 0 Å². The van der Waals surface area contributed by atoms with Gasteiger partial charge >= 0.3 is 0 Å². The molecule has 2 aromatic rings. The van der Waals surface area contributed by atoms with Gasteiger partial charge in [0.25, 0.3) is 0 Å². The van der Waals surface area contributed by atoms with E-state index in [1.54, 1.807) is 38.4 Å². The maximum atomic E-state index is 13.0. The fraction of sp³-hybridized carbons (Fsp3) is 0.316. The van der Waals surface area contributed by atoms with Crippen LogP contribution in [0.1, 0.15) is 31.4 Å². The first-order valence-electron chi connectivity index (χ1n) is 8.21. The van der Waals surface area contributed by atoms with E-state index in [-0.39, 0.29) is 24.2 Å². The number of carbonyl (C=O) groups excluding carboxylic acids is 2. The Morgan fingerprint density at radius 1 is 1.12 bits per heavy atom. The highest BCUT2D eigenvalue weighted by atomic mass is 19.1. The second-order valence-corrected chi connectivity index (χ2v) is 5.75. The topological polar surface area (TPSA) is 62.3 Å². The summed E-state index contributed by atoms with van der Waals surface area (Å²) in [6.45, 7) is 4.08. The van der Waals surface area contributed by atoms with Gasteiger partial charge in [-0.25, -0.2) is 4.39 Å². The predicted molar refractivity (Wildman–Crippen MR) is 92.8 cm³/mol. The zero-order valence-electron chi connectivity index (χ0n) is 14.4. The molecule has 0 bridgehead atoms. The van der Waals surface area contributed by atoms with Crippen LogP contribution in [0.4, 0.5) is 4.39 Å². The van der Waals surface area contributed by atoms with E-state index in [1.165, 1.54) is 17.0 Å². The van der Waals surface area contributed by atoms with Crippen molar-refractivity contribution in [2.24, 2.45) is 0 Å². The van der Waals surface area contributed by atoms with Crippen LogP contribution in [0, 0.1) is 5.82 Å². The van der Waals surface area contributed by atoms with Crippen molar-refractivity contribution in [1.82, 2.24) is 15.2 Å². The number of aromatic nitrogens is 1. The van der Waals surface area contributed by atoms with Crippen molar-refractivity contribution in [3.8, 4) is 0 Å². The van der Waals surface area contributed by atoms with E-state index in [0.717, 1.165) is 11.1 Å². The molecule has 6 heteroatoms. The molecule has 2 amide bonds. The average Bonchev–Trinajstić information content (AvgIpc) is 2.65. The molecular formula is C19H22FN3O2. The van der Waals surface area contributed by atoms with Gasteiger partial charge in [0.05, 0.1) is 0 Å². The molecule has 2 rings (SSSR count). The number of carbonyl (C=O) groups is 2. The second kappa shape index (κ2) is 8.92. The lowest BCUT2D eigenvalue weighted by atomic mass is 10.1. The largest absolute Gasteiger partial charge is 0.350 e. The van der Waals surface area contributed by atoms with Crippen LogP contribution < -0.4 is 5.32 Å². The molecular weight excluding hydrogens is 321 g/mol. The van der Waals surface area contributed by atoms with E-state index in [9.17, 15) is 14.0 Å². The molecule has 0 aliphatic heterocycles. The molecule has 25 heavy (non-hydrogen) atoms. The highest BCUT2D eigenvalue weighted by Gasteiger charge is 2.24. The van der Waals surface area contributed by atoms with Crippen LogP contribution in [0.5, 0.6) is 0 Å². The minimum absolute atomic E-state index is 0.129. The van der Waals surface area contributed by atoms with E-state index >= 15 is 0 Å². The number of nitrogens with zero attached hydrogens (tertiary/aromatic N) is 2. The van der Waals surface area contributed by atoms with Gasteiger partial charge in [-0.15, -0.1) is 0 Å². The summed E-state index contributed by atoms with van der Waals surface area (Å²) in [4.78, 5) is 30.1. The third-order valence-electron chi connectivity index (χ3n) is 3.95. The lowest BCUT2D eigenvalue weighted by molar-refractivity contribution is -0.140. The fourth-order valence-electron chi connectivity index (χ4n) is 2.41. The van der Waals surface area contributed by atoms with Crippen LogP contribution in [0.15, 0.2) is 48.8 Å². The maximum absolute atomic E-state index is 13.0. The molecule has 0 spiro atoms. The van der Waals surface area contributed by atoms with Crippen molar-refractivity contribution in [3.63, 3.8) is 0 Å². The molecule has 1 aromatic carbocycles. The summed E-state index contributed by atoms with van der Waals surface area (Å²) in [5, 5.41) is 2.83. The number of amides is 2. The highest BCUT2D eigenvalue weighted by Crippen LogP contribution is 2.12. The molecule has 1 N–H and O–H groups in total. The predicted octanol–water partition coefficient (Wildman–Crippen LogP) is 2.66. The van der Waals surface area contributed by atoms with Crippen molar-refractivity contribution in [2.75, 3.05) is 0 Å². The molecule has 0 aliphatic carbocycles. The Bertz CT molecular complexity index is 704. The summed E-state index contributed by atoms with van der Waals surface area (Å²) in [5.74, 6) is -0.697. The van der Waals surface area contributed by atoms with Crippen LogP contribution in [0.2, 0.25) is 0 Å². The fourth-order valence-corrected chi connectivity index (χ4v) is 2.41. The molecule has 5 nitrogen and oxygen atoms in total. The summed E-state index contributed by atoms with van der Waals surface area (Å²) in [6.07, 6.45) is 3.61.